The van der Waals surface area contributed by atoms with E-state index >= 15 is 0 Å². The molecule has 31 heavy (non-hydrogen) atoms. The predicted molar refractivity (Wildman–Crippen MR) is 113 cm³/mol. The molecule has 1 aromatic carbocycles. The Hall–Kier alpha value is -2.65. The van der Waals surface area contributed by atoms with Crippen molar-refractivity contribution in [2.45, 2.75) is 64.1 Å². The molecule has 1 aliphatic carbocycles. The quantitative estimate of drug-likeness (QED) is 0.225. The van der Waals surface area contributed by atoms with Gasteiger partial charge in [0.2, 0.25) is 12.3 Å². The van der Waals surface area contributed by atoms with Gasteiger partial charge in [0, 0.05) is 0 Å². The second kappa shape index (κ2) is 12.9. The van der Waals surface area contributed by atoms with Crippen LogP contribution < -0.4 is 15.6 Å². The number of carbonyl (C=O) groups is 3. The average molecular weight is 436 g/mol. The van der Waals surface area contributed by atoms with Gasteiger partial charge in [-0.25, -0.2) is 5.06 Å². The summed E-state index contributed by atoms with van der Waals surface area (Å²) in [6.45, 7) is 1.90. The highest BCUT2D eigenvalue weighted by Gasteiger charge is 2.36. The molecule has 2 saturated heterocycles. The lowest BCUT2D eigenvalue weighted by Gasteiger charge is -2.23. The van der Waals surface area contributed by atoms with Crippen molar-refractivity contribution >= 4 is 18.2 Å². The van der Waals surface area contributed by atoms with Crippen LogP contribution in [-0.4, -0.2) is 54.4 Å². The van der Waals surface area contributed by atoms with Gasteiger partial charge in [-0.2, -0.15) is 0 Å². The molecule has 3 aliphatic rings. The van der Waals surface area contributed by atoms with E-state index in [2.05, 4.69) is 10.9 Å². The second-order valence-corrected chi connectivity index (χ2v) is 7.76. The normalized spacial score (nSPS) is 19.2. The Balaban J connectivity index is 0.000000474. The number of ether oxygens (including phenoxy) is 2. The number of nitrogens with one attached hydrogen (secondary N) is 2. The van der Waals surface area contributed by atoms with E-state index in [1.165, 1.54) is 26.4 Å². The lowest BCUT2D eigenvalue weighted by molar-refractivity contribution is -0.154. The largest absolute Gasteiger partial charge is 0.496 e. The van der Waals surface area contributed by atoms with Crippen molar-refractivity contribution in [2.24, 2.45) is 5.92 Å². The van der Waals surface area contributed by atoms with E-state index in [9.17, 15) is 19.6 Å². The first-order chi connectivity index (χ1) is 15.0. The van der Waals surface area contributed by atoms with Crippen LogP contribution in [0.4, 0.5) is 0 Å². The third-order valence-electron chi connectivity index (χ3n) is 5.43. The molecular formula is C22H33N3O6. The van der Waals surface area contributed by atoms with Crippen LogP contribution in [0.2, 0.25) is 0 Å². The molecule has 4 rings (SSSR count). The molecular weight excluding hydrogens is 402 g/mol. The van der Waals surface area contributed by atoms with Gasteiger partial charge in [0.25, 0.3) is 5.91 Å². The first-order valence-electron chi connectivity index (χ1n) is 10.8. The summed E-state index contributed by atoms with van der Waals surface area (Å²) in [6.07, 6.45) is 8.85. The van der Waals surface area contributed by atoms with Crippen LogP contribution in [0.15, 0.2) is 24.3 Å². The summed E-state index contributed by atoms with van der Waals surface area (Å²) in [5, 5.41) is 9.77. The van der Waals surface area contributed by atoms with Gasteiger partial charge >= 0.3 is 0 Å². The zero-order valence-corrected chi connectivity index (χ0v) is 18.2. The number of unbranched alkanes of at least 4 members (excludes halogenated alkanes) is 2. The van der Waals surface area contributed by atoms with Gasteiger partial charge in [0.1, 0.15) is 5.75 Å². The summed E-state index contributed by atoms with van der Waals surface area (Å²) in [4.78, 5) is 35.0. The number of amides is 3. The number of benzene rings is 1. The number of hydroxylamine groups is 2. The molecule has 1 aromatic rings. The number of methoxy groups -OCH3 is 1. The summed E-state index contributed by atoms with van der Waals surface area (Å²) in [5.41, 5.74) is 4.95. The van der Waals surface area contributed by atoms with Crippen molar-refractivity contribution in [3.05, 3.63) is 29.8 Å². The molecule has 0 spiro atoms. The van der Waals surface area contributed by atoms with Crippen molar-refractivity contribution < 1.29 is 29.1 Å². The van der Waals surface area contributed by atoms with Gasteiger partial charge in [-0.3, -0.25) is 30.4 Å². The summed E-state index contributed by atoms with van der Waals surface area (Å²) in [6, 6.07) is 6.62. The number of carbonyl (C=O) groups excluding carboxylic acids is 3. The average Bonchev–Trinajstić information content (AvgIpc) is 3.43. The van der Waals surface area contributed by atoms with E-state index in [0.717, 1.165) is 19.3 Å². The molecule has 3 atom stereocenters. The van der Waals surface area contributed by atoms with E-state index < -0.39 is 17.7 Å². The summed E-state index contributed by atoms with van der Waals surface area (Å²) < 4.78 is 10.4. The fourth-order valence-electron chi connectivity index (χ4n) is 3.63. The van der Waals surface area contributed by atoms with Crippen molar-refractivity contribution in [1.29, 1.82) is 0 Å². The van der Waals surface area contributed by atoms with E-state index in [1.54, 1.807) is 24.3 Å². The van der Waals surface area contributed by atoms with Crippen molar-refractivity contribution in [3.8, 4) is 5.75 Å². The van der Waals surface area contributed by atoms with E-state index in [1.807, 2.05) is 6.92 Å². The van der Waals surface area contributed by atoms with Gasteiger partial charge in [-0.1, -0.05) is 38.3 Å². The smallest absolute Gasteiger partial charge is 0.273 e. The molecule has 1 saturated carbocycles. The van der Waals surface area contributed by atoms with Gasteiger partial charge in [-0.05, 0) is 37.8 Å². The zero-order valence-electron chi connectivity index (χ0n) is 18.2. The second-order valence-electron chi connectivity index (χ2n) is 7.76. The molecule has 3 fully saturated rings. The van der Waals surface area contributed by atoms with Gasteiger partial charge < -0.3 is 9.47 Å². The molecule has 2 aliphatic heterocycles. The molecule has 2 heterocycles. The highest BCUT2D eigenvalue weighted by molar-refractivity contribution is 5.98. The molecule has 0 radical (unpaired) electrons. The zero-order chi connectivity index (χ0) is 22.6. The predicted octanol–water partition coefficient (Wildman–Crippen LogP) is 2.44. The van der Waals surface area contributed by atoms with E-state index in [-0.39, 0.29) is 18.5 Å². The van der Waals surface area contributed by atoms with Gasteiger partial charge in [0.05, 0.1) is 37.3 Å². The standard InChI is InChI=1S/C17H25N3O5.C5H8O/c1-3-4-5-8-13(11-20(24)12-21)16(22)18-19-17(23)14-9-6-7-10-15(14)25-2;1-2-5-3-4(1)6-5/h6-7,9-10,12-13,24H,3-5,8,11H2,1-2H3,(H,18,22)(H,19,23);4-5H,1-3H2. The number of hydrogen-bond acceptors (Lipinski definition) is 6. The minimum absolute atomic E-state index is 0.135. The van der Waals surface area contributed by atoms with Crippen molar-refractivity contribution in [2.75, 3.05) is 13.7 Å². The van der Waals surface area contributed by atoms with Crippen LogP contribution in [-0.2, 0) is 14.3 Å². The Kier molecular flexibility index (Phi) is 10.3. The van der Waals surface area contributed by atoms with Crippen molar-refractivity contribution in [1.82, 2.24) is 15.9 Å². The minimum Gasteiger partial charge on any atom is -0.496 e. The highest BCUT2D eigenvalue weighted by Crippen LogP contribution is 2.36. The Labute approximate surface area is 183 Å². The Morgan fingerprint density at radius 1 is 1.26 bits per heavy atom. The topological polar surface area (TPSA) is 117 Å². The van der Waals surface area contributed by atoms with E-state index in [0.29, 0.717) is 29.4 Å². The van der Waals surface area contributed by atoms with Crippen LogP contribution in [0.1, 0.15) is 62.2 Å². The maximum absolute atomic E-state index is 12.3. The van der Waals surface area contributed by atoms with Gasteiger partial charge in [-0.15, -0.1) is 0 Å². The van der Waals surface area contributed by atoms with E-state index in [4.69, 9.17) is 9.47 Å². The summed E-state index contributed by atoms with van der Waals surface area (Å²) in [5.74, 6) is -1.23. The number of fused-ring (bicyclic) bond motifs is 1. The summed E-state index contributed by atoms with van der Waals surface area (Å²) >= 11 is 0. The maximum Gasteiger partial charge on any atom is 0.273 e. The molecule has 9 nitrogen and oxygen atoms in total. The molecule has 3 unspecified atom stereocenters. The van der Waals surface area contributed by atoms with Crippen LogP contribution in [0.3, 0.4) is 0 Å². The Morgan fingerprint density at radius 2 is 1.94 bits per heavy atom. The highest BCUT2D eigenvalue weighted by atomic mass is 16.5. The number of hydrogen-bond donors (Lipinski definition) is 3. The minimum atomic E-state index is -0.625. The molecule has 9 heteroatoms. The molecule has 3 amide bonds. The number of para-hydroxylation sites is 1. The fraction of sp³-hybridized carbons (Fsp3) is 0.591. The fourth-order valence-corrected chi connectivity index (χ4v) is 3.63. The lowest BCUT2D eigenvalue weighted by atomic mass is 10.0. The van der Waals surface area contributed by atoms with Crippen LogP contribution in [0.5, 0.6) is 5.75 Å². The summed E-state index contributed by atoms with van der Waals surface area (Å²) in [7, 11) is 1.45. The third kappa shape index (κ3) is 7.84. The molecule has 172 valence electrons. The first-order valence-corrected chi connectivity index (χ1v) is 10.8. The molecule has 2 bridgehead atoms. The van der Waals surface area contributed by atoms with Gasteiger partial charge in [0.15, 0.2) is 0 Å². The number of hydrazine groups is 1. The van der Waals surface area contributed by atoms with Crippen LogP contribution in [0, 0.1) is 5.92 Å². The number of nitrogens with zero attached hydrogens (tertiary/aromatic N) is 1. The lowest BCUT2D eigenvalue weighted by Crippen LogP contribution is -2.46. The van der Waals surface area contributed by atoms with Crippen LogP contribution in [0.25, 0.3) is 0 Å². The van der Waals surface area contributed by atoms with Crippen molar-refractivity contribution in [3.63, 3.8) is 0 Å². The van der Waals surface area contributed by atoms with Crippen LogP contribution >= 0.6 is 0 Å². The monoisotopic (exact) mass is 435 g/mol. The third-order valence-corrected chi connectivity index (χ3v) is 5.43. The first kappa shape index (κ1) is 24.6. The molecule has 0 aromatic heterocycles. The molecule has 3 N–H and O–H groups in total. The Bertz CT molecular complexity index is 709. The maximum atomic E-state index is 12.3. The Morgan fingerprint density at radius 3 is 2.48 bits per heavy atom. The SMILES string of the molecule is C1CC2CC1O2.CCCCCC(CN(O)C=O)C(=O)NNC(=O)c1ccccc1OC. The number of rotatable bonds is 10.